The number of unbranched alkanes of at least 4 members (excludes halogenated alkanes) is 1. The van der Waals surface area contributed by atoms with E-state index in [1.165, 1.54) is 5.56 Å². The van der Waals surface area contributed by atoms with Gasteiger partial charge in [-0.05, 0) is 24.8 Å². The number of aryl methyl sites for hydroxylation is 1. The third-order valence-corrected chi connectivity index (χ3v) is 2.00. The molecule has 0 aromatic heterocycles. The Labute approximate surface area is 79.3 Å². The minimum Gasteiger partial charge on any atom is -0.388 e. The van der Waals surface area contributed by atoms with Crippen LogP contribution < -0.4 is 5.73 Å². The molecule has 0 atom stereocenters. The minimum atomic E-state index is 0.299. The summed E-state index contributed by atoms with van der Waals surface area (Å²) in [5.41, 5.74) is 6.62. The number of hydrogen-bond acceptors (Lipinski definition) is 1. The Balaban J connectivity index is 2.17. The van der Waals surface area contributed by atoms with Crippen molar-refractivity contribution in [2.45, 2.75) is 25.7 Å². The molecular formula is C11H16N2. The van der Waals surface area contributed by atoms with E-state index in [2.05, 4.69) is 24.3 Å². The van der Waals surface area contributed by atoms with Crippen LogP contribution in [-0.4, -0.2) is 5.84 Å². The lowest BCUT2D eigenvalue weighted by molar-refractivity contribution is 0.758. The van der Waals surface area contributed by atoms with Crippen molar-refractivity contribution in [3.05, 3.63) is 35.9 Å². The largest absolute Gasteiger partial charge is 0.388 e. The van der Waals surface area contributed by atoms with Crippen molar-refractivity contribution in [3.8, 4) is 0 Å². The third kappa shape index (κ3) is 4.31. The van der Waals surface area contributed by atoms with E-state index in [1.54, 1.807) is 0 Å². The van der Waals surface area contributed by atoms with Crippen molar-refractivity contribution in [1.29, 1.82) is 5.41 Å². The van der Waals surface area contributed by atoms with Gasteiger partial charge in [-0.3, -0.25) is 5.41 Å². The lowest BCUT2D eigenvalue weighted by Gasteiger charge is -2.00. The van der Waals surface area contributed by atoms with Gasteiger partial charge in [0.05, 0.1) is 5.84 Å². The van der Waals surface area contributed by atoms with Crippen LogP contribution in [0.3, 0.4) is 0 Å². The second-order valence-corrected chi connectivity index (χ2v) is 3.22. The standard InChI is InChI=1S/C11H16N2/c12-11(13)9-5-4-8-10-6-2-1-3-7-10/h1-3,6-7H,4-5,8-9H2,(H3,12,13). The SMILES string of the molecule is N=C(N)CCCCc1ccccc1. The van der Waals surface area contributed by atoms with Gasteiger partial charge in [-0.2, -0.15) is 0 Å². The molecule has 0 saturated heterocycles. The maximum Gasteiger partial charge on any atom is 0.0905 e. The topological polar surface area (TPSA) is 49.9 Å². The first-order valence-corrected chi connectivity index (χ1v) is 4.66. The number of nitrogens with one attached hydrogen (secondary N) is 1. The monoisotopic (exact) mass is 176 g/mol. The average Bonchev–Trinajstić information content (AvgIpc) is 2.14. The summed E-state index contributed by atoms with van der Waals surface area (Å²) in [6.07, 6.45) is 3.95. The molecule has 0 spiro atoms. The fourth-order valence-electron chi connectivity index (χ4n) is 1.29. The van der Waals surface area contributed by atoms with Crippen LogP contribution in [0.5, 0.6) is 0 Å². The first-order valence-electron chi connectivity index (χ1n) is 4.66. The van der Waals surface area contributed by atoms with Crippen LogP contribution in [0.4, 0.5) is 0 Å². The van der Waals surface area contributed by atoms with Crippen molar-refractivity contribution in [2.75, 3.05) is 0 Å². The van der Waals surface area contributed by atoms with Crippen molar-refractivity contribution in [1.82, 2.24) is 0 Å². The van der Waals surface area contributed by atoms with Gasteiger partial charge in [0.1, 0.15) is 0 Å². The van der Waals surface area contributed by atoms with Crippen LogP contribution >= 0.6 is 0 Å². The van der Waals surface area contributed by atoms with Gasteiger partial charge < -0.3 is 5.73 Å². The number of hydrogen-bond donors (Lipinski definition) is 2. The summed E-state index contributed by atoms with van der Waals surface area (Å²) in [7, 11) is 0. The Morgan fingerprint density at radius 1 is 1.15 bits per heavy atom. The summed E-state index contributed by atoms with van der Waals surface area (Å²) in [5, 5.41) is 7.06. The van der Waals surface area contributed by atoms with Crippen molar-refractivity contribution in [2.24, 2.45) is 5.73 Å². The second-order valence-electron chi connectivity index (χ2n) is 3.22. The van der Waals surface area contributed by atoms with E-state index < -0.39 is 0 Å². The Kier molecular flexibility index (Phi) is 4.03. The molecule has 0 aliphatic carbocycles. The van der Waals surface area contributed by atoms with Crippen molar-refractivity contribution < 1.29 is 0 Å². The number of amidine groups is 1. The molecule has 2 nitrogen and oxygen atoms in total. The van der Waals surface area contributed by atoms with E-state index in [0.29, 0.717) is 5.84 Å². The average molecular weight is 176 g/mol. The second kappa shape index (κ2) is 5.36. The molecule has 0 amide bonds. The van der Waals surface area contributed by atoms with Gasteiger partial charge in [0.2, 0.25) is 0 Å². The molecule has 0 aliphatic rings. The van der Waals surface area contributed by atoms with Crippen LogP contribution in [-0.2, 0) is 6.42 Å². The summed E-state index contributed by atoms with van der Waals surface area (Å²) < 4.78 is 0. The number of rotatable bonds is 5. The summed E-state index contributed by atoms with van der Waals surface area (Å²) in [6, 6.07) is 10.4. The molecular weight excluding hydrogens is 160 g/mol. The molecule has 0 bridgehead atoms. The van der Waals surface area contributed by atoms with Crippen LogP contribution in [0.25, 0.3) is 0 Å². The zero-order valence-electron chi connectivity index (χ0n) is 7.79. The van der Waals surface area contributed by atoms with Crippen LogP contribution in [0.15, 0.2) is 30.3 Å². The Morgan fingerprint density at radius 2 is 1.85 bits per heavy atom. The summed E-state index contributed by atoms with van der Waals surface area (Å²) in [5.74, 6) is 0.299. The normalized spacial score (nSPS) is 9.85. The Bertz CT molecular complexity index is 254. The lowest BCUT2D eigenvalue weighted by Crippen LogP contribution is -2.08. The van der Waals surface area contributed by atoms with Crippen molar-refractivity contribution in [3.63, 3.8) is 0 Å². The predicted molar refractivity (Wildman–Crippen MR) is 55.9 cm³/mol. The quantitative estimate of drug-likeness (QED) is 0.404. The van der Waals surface area contributed by atoms with Gasteiger partial charge in [-0.25, -0.2) is 0 Å². The molecule has 1 aromatic rings. The molecule has 0 heterocycles. The number of nitrogens with two attached hydrogens (primary N) is 1. The maximum absolute atomic E-state index is 7.06. The van der Waals surface area contributed by atoms with E-state index in [-0.39, 0.29) is 0 Å². The van der Waals surface area contributed by atoms with E-state index in [9.17, 15) is 0 Å². The smallest absolute Gasteiger partial charge is 0.0905 e. The highest BCUT2D eigenvalue weighted by molar-refractivity contribution is 5.76. The Hall–Kier alpha value is -1.31. The van der Waals surface area contributed by atoms with E-state index >= 15 is 0 Å². The molecule has 3 N–H and O–H groups in total. The van der Waals surface area contributed by atoms with Gasteiger partial charge in [0, 0.05) is 6.42 Å². The van der Waals surface area contributed by atoms with Gasteiger partial charge in [-0.1, -0.05) is 30.3 Å². The van der Waals surface area contributed by atoms with Crippen LogP contribution in [0, 0.1) is 5.41 Å². The van der Waals surface area contributed by atoms with Crippen LogP contribution in [0.1, 0.15) is 24.8 Å². The minimum absolute atomic E-state index is 0.299. The summed E-state index contributed by atoms with van der Waals surface area (Å²) in [6.45, 7) is 0. The van der Waals surface area contributed by atoms with Gasteiger partial charge in [-0.15, -0.1) is 0 Å². The van der Waals surface area contributed by atoms with Gasteiger partial charge in [0.15, 0.2) is 0 Å². The van der Waals surface area contributed by atoms with E-state index in [1.807, 2.05) is 6.07 Å². The highest BCUT2D eigenvalue weighted by atomic mass is 14.7. The molecule has 0 fully saturated rings. The molecule has 0 radical (unpaired) electrons. The van der Waals surface area contributed by atoms with Crippen molar-refractivity contribution >= 4 is 5.84 Å². The third-order valence-electron chi connectivity index (χ3n) is 2.00. The number of benzene rings is 1. The molecule has 13 heavy (non-hydrogen) atoms. The first kappa shape index (κ1) is 9.78. The first-order chi connectivity index (χ1) is 6.29. The van der Waals surface area contributed by atoms with E-state index in [0.717, 1.165) is 25.7 Å². The van der Waals surface area contributed by atoms with Gasteiger partial charge in [0.25, 0.3) is 0 Å². The summed E-state index contributed by atoms with van der Waals surface area (Å²) >= 11 is 0. The molecule has 1 aromatic carbocycles. The fraction of sp³-hybridized carbons (Fsp3) is 0.364. The zero-order valence-corrected chi connectivity index (χ0v) is 7.79. The molecule has 2 heteroatoms. The molecule has 0 aliphatic heterocycles. The molecule has 0 saturated carbocycles. The zero-order chi connectivity index (χ0) is 9.52. The van der Waals surface area contributed by atoms with Crippen LogP contribution in [0.2, 0.25) is 0 Å². The highest BCUT2D eigenvalue weighted by Crippen LogP contribution is 2.05. The predicted octanol–water partition coefficient (Wildman–Crippen LogP) is 2.34. The summed E-state index contributed by atoms with van der Waals surface area (Å²) in [4.78, 5) is 0. The molecule has 70 valence electrons. The highest BCUT2D eigenvalue weighted by Gasteiger charge is 1.93. The molecule has 1 rings (SSSR count). The fourth-order valence-corrected chi connectivity index (χ4v) is 1.29. The maximum atomic E-state index is 7.06. The molecule has 0 unspecified atom stereocenters. The van der Waals surface area contributed by atoms with Gasteiger partial charge >= 0.3 is 0 Å². The lowest BCUT2D eigenvalue weighted by atomic mass is 10.1. The van der Waals surface area contributed by atoms with E-state index in [4.69, 9.17) is 11.1 Å². The Morgan fingerprint density at radius 3 is 2.46 bits per heavy atom.